The summed E-state index contributed by atoms with van der Waals surface area (Å²) in [5.41, 5.74) is 0. The number of carbonyl (C=O) groups is 1. The molecule has 4 nitrogen and oxygen atoms in total. The molecule has 16 heavy (non-hydrogen) atoms. The minimum absolute atomic E-state index is 0.00954. The van der Waals surface area contributed by atoms with Crippen LogP contribution in [0.4, 0.5) is 0 Å². The molecule has 0 amide bonds. The Bertz CT molecular complexity index is 226. The third-order valence-electron chi connectivity index (χ3n) is 2.94. The first kappa shape index (κ1) is 13.5. The average Bonchev–Trinajstić information content (AvgIpc) is 3.06. The Balaban J connectivity index is 2.48. The molecule has 1 aliphatic carbocycles. The zero-order valence-corrected chi connectivity index (χ0v) is 10.4. The Labute approximate surface area is 97.4 Å². The molecule has 0 saturated heterocycles. The Morgan fingerprint density at radius 3 is 2.50 bits per heavy atom. The van der Waals surface area contributed by atoms with Crippen molar-refractivity contribution in [3.63, 3.8) is 0 Å². The van der Waals surface area contributed by atoms with Crippen LogP contribution in [0, 0.1) is 11.8 Å². The summed E-state index contributed by atoms with van der Waals surface area (Å²) in [6.07, 6.45) is 3.02. The second-order valence-electron chi connectivity index (χ2n) is 5.01. The highest BCUT2D eigenvalue weighted by Crippen LogP contribution is 2.33. The van der Waals surface area contributed by atoms with E-state index in [1.54, 1.807) is 0 Å². The SMILES string of the molecule is COC(=O)C(NC(CO)CC(C)C)C1CC1. The largest absolute Gasteiger partial charge is 0.468 e. The van der Waals surface area contributed by atoms with Gasteiger partial charge in [-0.1, -0.05) is 13.8 Å². The fourth-order valence-corrected chi connectivity index (χ4v) is 1.97. The summed E-state index contributed by atoms with van der Waals surface area (Å²) < 4.78 is 4.78. The van der Waals surface area contributed by atoms with E-state index in [1.807, 2.05) is 0 Å². The highest BCUT2D eigenvalue weighted by atomic mass is 16.5. The first-order valence-electron chi connectivity index (χ1n) is 6.03. The van der Waals surface area contributed by atoms with Crippen LogP contribution in [-0.4, -0.2) is 36.9 Å². The van der Waals surface area contributed by atoms with Crippen LogP contribution >= 0.6 is 0 Å². The number of esters is 1. The van der Waals surface area contributed by atoms with Gasteiger partial charge in [-0.15, -0.1) is 0 Å². The lowest BCUT2D eigenvalue weighted by atomic mass is 10.0. The van der Waals surface area contributed by atoms with Gasteiger partial charge in [-0.25, -0.2) is 0 Å². The number of carbonyl (C=O) groups excluding carboxylic acids is 1. The summed E-state index contributed by atoms with van der Waals surface area (Å²) in [5.74, 6) is 0.695. The maximum Gasteiger partial charge on any atom is 0.323 e. The summed E-state index contributed by atoms with van der Waals surface area (Å²) in [7, 11) is 1.41. The van der Waals surface area contributed by atoms with Gasteiger partial charge in [0.05, 0.1) is 13.7 Å². The van der Waals surface area contributed by atoms with Crippen LogP contribution in [0.3, 0.4) is 0 Å². The van der Waals surface area contributed by atoms with Gasteiger partial charge in [0.15, 0.2) is 0 Å². The first-order valence-corrected chi connectivity index (χ1v) is 6.03. The summed E-state index contributed by atoms with van der Waals surface area (Å²) in [6.45, 7) is 4.28. The molecule has 1 saturated carbocycles. The first-order chi connectivity index (χ1) is 7.58. The fraction of sp³-hybridized carbons (Fsp3) is 0.917. The quantitative estimate of drug-likeness (QED) is 0.638. The molecular formula is C12H23NO3. The van der Waals surface area contributed by atoms with Crippen LogP contribution in [0.5, 0.6) is 0 Å². The molecule has 2 unspecified atom stereocenters. The normalized spacial score (nSPS) is 19.6. The zero-order chi connectivity index (χ0) is 12.1. The molecule has 1 aliphatic rings. The van der Waals surface area contributed by atoms with E-state index in [9.17, 15) is 9.90 Å². The number of hydrogen-bond acceptors (Lipinski definition) is 4. The van der Waals surface area contributed by atoms with E-state index in [1.165, 1.54) is 7.11 Å². The predicted octanol–water partition coefficient (Wildman–Crippen LogP) is 0.935. The van der Waals surface area contributed by atoms with E-state index in [2.05, 4.69) is 19.2 Å². The zero-order valence-electron chi connectivity index (χ0n) is 10.4. The summed E-state index contributed by atoms with van der Waals surface area (Å²) in [4.78, 5) is 11.6. The lowest BCUT2D eigenvalue weighted by molar-refractivity contribution is -0.144. The molecule has 0 radical (unpaired) electrons. The van der Waals surface area contributed by atoms with Crippen LogP contribution in [0.15, 0.2) is 0 Å². The van der Waals surface area contributed by atoms with E-state index < -0.39 is 0 Å². The third kappa shape index (κ3) is 4.10. The topological polar surface area (TPSA) is 58.6 Å². The highest BCUT2D eigenvalue weighted by molar-refractivity contribution is 5.76. The van der Waals surface area contributed by atoms with Crippen molar-refractivity contribution in [3.8, 4) is 0 Å². The predicted molar refractivity (Wildman–Crippen MR) is 62.0 cm³/mol. The van der Waals surface area contributed by atoms with Gasteiger partial charge in [0.1, 0.15) is 6.04 Å². The molecule has 0 aromatic carbocycles. The van der Waals surface area contributed by atoms with E-state index in [-0.39, 0.29) is 24.7 Å². The molecule has 4 heteroatoms. The van der Waals surface area contributed by atoms with E-state index in [4.69, 9.17) is 4.74 Å². The van der Waals surface area contributed by atoms with Crippen LogP contribution in [0.2, 0.25) is 0 Å². The van der Waals surface area contributed by atoms with Crippen LogP contribution in [0.1, 0.15) is 33.1 Å². The van der Waals surface area contributed by atoms with Crippen molar-refractivity contribution in [2.45, 2.75) is 45.2 Å². The maximum absolute atomic E-state index is 11.6. The smallest absolute Gasteiger partial charge is 0.323 e. The van der Waals surface area contributed by atoms with Crippen LogP contribution in [-0.2, 0) is 9.53 Å². The molecule has 0 aromatic heterocycles. The van der Waals surface area contributed by atoms with Crippen LogP contribution in [0.25, 0.3) is 0 Å². The second-order valence-corrected chi connectivity index (χ2v) is 5.01. The van der Waals surface area contributed by atoms with Gasteiger partial charge in [0.25, 0.3) is 0 Å². The molecule has 0 bridgehead atoms. The standard InChI is InChI=1S/C12H23NO3/c1-8(2)6-10(7-14)13-11(9-4-5-9)12(15)16-3/h8-11,13-14H,4-7H2,1-3H3. The van der Waals surface area contributed by atoms with Gasteiger partial charge >= 0.3 is 5.97 Å². The number of aliphatic hydroxyl groups excluding tert-OH is 1. The lowest BCUT2D eigenvalue weighted by Crippen LogP contribution is -2.47. The highest BCUT2D eigenvalue weighted by Gasteiger charge is 2.37. The maximum atomic E-state index is 11.6. The van der Waals surface area contributed by atoms with Crippen molar-refractivity contribution in [3.05, 3.63) is 0 Å². The summed E-state index contributed by atoms with van der Waals surface area (Å²) in [6, 6.07) is -0.245. The van der Waals surface area contributed by atoms with Crippen molar-refractivity contribution in [1.82, 2.24) is 5.32 Å². The Hall–Kier alpha value is -0.610. The molecule has 0 aromatic rings. The lowest BCUT2D eigenvalue weighted by Gasteiger charge is -2.24. The minimum atomic E-state index is -0.235. The summed E-state index contributed by atoms with van der Waals surface area (Å²) in [5, 5.41) is 12.5. The number of methoxy groups -OCH3 is 1. The number of nitrogens with one attached hydrogen (secondary N) is 1. The number of aliphatic hydroxyl groups is 1. The average molecular weight is 229 g/mol. The molecule has 0 spiro atoms. The van der Waals surface area contributed by atoms with E-state index in [0.717, 1.165) is 19.3 Å². The van der Waals surface area contributed by atoms with Gasteiger partial charge in [-0.2, -0.15) is 0 Å². The van der Waals surface area contributed by atoms with Gasteiger partial charge in [0.2, 0.25) is 0 Å². The van der Waals surface area contributed by atoms with Gasteiger partial charge in [-0.05, 0) is 31.1 Å². The van der Waals surface area contributed by atoms with Crippen LogP contribution < -0.4 is 5.32 Å². The number of rotatable bonds is 7. The Morgan fingerprint density at radius 2 is 2.12 bits per heavy atom. The number of hydrogen-bond donors (Lipinski definition) is 2. The molecule has 2 atom stereocenters. The Morgan fingerprint density at radius 1 is 1.50 bits per heavy atom. The third-order valence-corrected chi connectivity index (χ3v) is 2.94. The molecular weight excluding hydrogens is 206 g/mol. The second kappa shape index (κ2) is 6.21. The van der Waals surface area contributed by atoms with Crippen molar-refractivity contribution >= 4 is 5.97 Å². The van der Waals surface area contributed by atoms with Gasteiger partial charge in [-0.3, -0.25) is 10.1 Å². The summed E-state index contributed by atoms with van der Waals surface area (Å²) >= 11 is 0. The molecule has 94 valence electrons. The van der Waals surface area contributed by atoms with Gasteiger partial charge in [0, 0.05) is 6.04 Å². The van der Waals surface area contributed by atoms with Crippen molar-refractivity contribution in [2.24, 2.45) is 11.8 Å². The van der Waals surface area contributed by atoms with E-state index in [0.29, 0.717) is 11.8 Å². The number of ether oxygens (including phenoxy) is 1. The van der Waals surface area contributed by atoms with Crippen molar-refractivity contribution in [2.75, 3.05) is 13.7 Å². The molecule has 2 N–H and O–H groups in total. The fourth-order valence-electron chi connectivity index (χ4n) is 1.97. The molecule has 1 fully saturated rings. The van der Waals surface area contributed by atoms with Crippen molar-refractivity contribution < 1.29 is 14.6 Å². The minimum Gasteiger partial charge on any atom is -0.468 e. The Kier molecular flexibility index (Phi) is 5.22. The van der Waals surface area contributed by atoms with E-state index >= 15 is 0 Å². The molecule has 0 heterocycles. The molecule has 1 rings (SSSR count). The molecule has 0 aliphatic heterocycles. The van der Waals surface area contributed by atoms with Crippen molar-refractivity contribution in [1.29, 1.82) is 0 Å². The van der Waals surface area contributed by atoms with Gasteiger partial charge < -0.3 is 9.84 Å². The monoisotopic (exact) mass is 229 g/mol.